The Morgan fingerprint density at radius 2 is 1.90 bits per heavy atom. The molecule has 1 aliphatic rings. The van der Waals surface area contributed by atoms with E-state index < -0.39 is 15.8 Å². The summed E-state index contributed by atoms with van der Waals surface area (Å²) in [6.45, 7) is 3.18. The van der Waals surface area contributed by atoms with Crippen LogP contribution in [-0.4, -0.2) is 54.3 Å². The molecule has 30 heavy (non-hydrogen) atoms. The molecule has 0 bridgehead atoms. The maximum Gasteiger partial charge on any atom is 0.419 e. The van der Waals surface area contributed by atoms with Crippen LogP contribution in [0.15, 0.2) is 43.8 Å². The van der Waals surface area contributed by atoms with Crippen molar-refractivity contribution in [1.29, 1.82) is 0 Å². The van der Waals surface area contributed by atoms with E-state index in [1.54, 1.807) is 35.2 Å². The Balaban J connectivity index is 1.37. The molecule has 0 N–H and O–H groups in total. The van der Waals surface area contributed by atoms with Gasteiger partial charge in [0.05, 0.1) is 5.52 Å². The highest BCUT2D eigenvalue weighted by Crippen LogP contribution is 2.25. The lowest BCUT2D eigenvalue weighted by molar-refractivity contribution is -0.132. The first kappa shape index (κ1) is 21.1. The molecule has 1 fully saturated rings. The fourth-order valence-corrected chi connectivity index (χ4v) is 6.50. The Morgan fingerprint density at radius 3 is 2.57 bits per heavy atom. The minimum atomic E-state index is -3.53. The Kier molecular flexibility index (Phi) is 5.75. The quantitative estimate of drug-likeness (QED) is 0.572. The number of carbonyl (C=O) groups excluding carboxylic acids is 1. The molecular formula is C19H20ClN3O5S2. The van der Waals surface area contributed by atoms with Gasteiger partial charge < -0.3 is 9.32 Å². The number of rotatable bonds is 5. The number of carbonyl (C=O) groups is 1. The molecular weight excluding hydrogens is 450 g/mol. The van der Waals surface area contributed by atoms with Gasteiger partial charge in [0.25, 0.3) is 10.0 Å². The molecule has 1 aromatic carbocycles. The van der Waals surface area contributed by atoms with E-state index >= 15 is 0 Å². The number of piperazine rings is 1. The monoisotopic (exact) mass is 469 g/mol. The number of benzene rings is 1. The van der Waals surface area contributed by atoms with Crippen LogP contribution in [0.25, 0.3) is 11.1 Å². The predicted molar refractivity (Wildman–Crippen MR) is 114 cm³/mol. The number of fused-ring (bicyclic) bond motifs is 1. The zero-order valence-corrected chi connectivity index (χ0v) is 18.6. The van der Waals surface area contributed by atoms with E-state index in [1.807, 2.05) is 6.92 Å². The van der Waals surface area contributed by atoms with Gasteiger partial charge in [0, 0.05) is 55.1 Å². The standard InChI is InChI=1S/C19H20ClN3O5S2/c1-13-2-5-18(29-13)30(26,27)22-10-8-21(9-11-22)17(24)6-7-23-15-4-3-14(20)12-16(15)28-19(23)25/h2-5,12H,6-11H2,1H3. The van der Waals surface area contributed by atoms with Crippen LogP contribution in [0.4, 0.5) is 0 Å². The fourth-order valence-electron chi connectivity index (χ4n) is 3.47. The van der Waals surface area contributed by atoms with E-state index in [0.29, 0.717) is 33.4 Å². The van der Waals surface area contributed by atoms with Crippen molar-refractivity contribution in [3.05, 3.63) is 50.8 Å². The van der Waals surface area contributed by atoms with Crippen LogP contribution in [0, 0.1) is 6.92 Å². The van der Waals surface area contributed by atoms with Gasteiger partial charge in [0.2, 0.25) is 5.91 Å². The Morgan fingerprint density at radius 1 is 1.17 bits per heavy atom. The van der Waals surface area contributed by atoms with Gasteiger partial charge >= 0.3 is 5.76 Å². The molecule has 11 heteroatoms. The van der Waals surface area contributed by atoms with E-state index in [-0.39, 0.29) is 32.0 Å². The Labute approximate surface area is 182 Å². The van der Waals surface area contributed by atoms with Gasteiger partial charge in [-0.05, 0) is 31.2 Å². The maximum absolute atomic E-state index is 12.7. The highest BCUT2D eigenvalue weighted by molar-refractivity contribution is 7.91. The van der Waals surface area contributed by atoms with Crippen molar-refractivity contribution in [2.45, 2.75) is 24.1 Å². The highest BCUT2D eigenvalue weighted by atomic mass is 35.5. The van der Waals surface area contributed by atoms with E-state index in [1.165, 1.54) is 20.2 Å². The average Bonchev–Trinajstić information content (AvgIpc) is 3.29. The van der Waals surface area contributed by atoms with Crippen molar-refractivity contribution in [3.8, 4) is 0 Å². The van der Waals surface area contributed by atoms with Crippen LogP contribution in [0.2, 0.25) is 5.02 Å². The lowest BCUT2D eigenvalue weighted by Crippen LogP contribution is -2.50. The Hall–Kier alpha value is -2.14. The fraction of sp³-hybridized carbons (Fsp3) is 0.368. The van der Waals surface area contributed by atoms with Crippen molar-refractivity contribution in [2.75, 3.05) is 26.2 Å². The van der Waals surface area contributed by atoms with E-state index in [4.69, 9.17) is 16.0 Å². The van der Waals surface area contributed by atoms with Gasteiger partial charge in [-0.2, -0.15) is 4.31 Å². The largest absolute Gasteiger partial charge is 0.419 e. The number of hydrogen-bond acceptors (Lipinski definition) is 6. The molecule has 3 heterocycles. The molecule has 1 amide bonds. The number of thiophene rings is 1. The van der Waals surface area contributed by atoms with Crippen LogP contribution >= 0.6 is 22.9 Å². The summed E-state index contributed by atoms with van der Waals surface area (Å²) < 4.78 is 33.8. The summed E-state index contributed by atoms with van der Waals surface area (Å²) in [6.07, 6.45) is 0.119. The third-order valence-corrected chi connectivity index (χ3v) is 8.68. The molecule has 1 saturated heterocycles. The zero-order valence-electron chi connectivity index (χ0n) is 16.2. The number of hydrogen-bond donors (Lipinski definition) is 0. The number of halogens is 1. The molecule has 0 radical (unpaired) electrons. The molecule has 0 spiro atoms. The smallest absolute Gasteiger partial charge is 0.408 e. The first-order chi connectivity index (χ1) is 14.3. The summed E-state index contributed by atoms with van der Waals surface area (Å²) in [7, 11) is -3.53. The van der Waals surface area contributed by atoms with Crippen molar-refractivity contribution in [2.24, 2.45) is 0 Å². The second-order valence-electron chi connectivity index (χ2n) is 7.03. The van der Waals surface area contributed by atoms with Gasteiger partial charge in [-0.1, -0.05) is 11.6 Å². The summed E-state index contributed by atoms with van der Waals surface area (Å²) in [5.74, 6) is -0.670. The normalized spacial score (nSPS) is 15.7. The predicted octanol–water partition coefficient (Wildman–Crippen LogP) is 2.54. The van der Waals surface area contributed by atoms with E-state index in [2.05, 4.69) is 0 Å². The number of amides is 1. The van der Waals surface area contributed by atoms with Crippen molar-refractivity contribution in [3.63, 3.8) is 0 Å². The van der Waals surface area contributed by atoms with E-state index in [9.17, 15) is 18.0 Å². The highest BCUT2D eigenvalue weighted by Gasteiger charge is 2.31. The number of aromatic nitrogens is 1. The van der Waals surface area contributed by atoms with Crippen LogP contribution in [-0.2, 0) is 21.4 Å². The molecule has 0 aliphatic carbocycles. The molecule has 0 unspecified atom stereocenters. The van der Waals surface area contributed by atoms with Crippen molar-refractivity contribution in [1.82, 2.24) is 13.8 Å². The number of aryl methyl sites for hydroxylation is 2. The van der Waals surface area contributed by atoms with Gasteiger partial charge in [0.1, 0.15) is 4.21 Å². The maximum atomic E-state index is 12.7. The number of oxazole rings is 1. The summed E-state index contributed by atoms with van der Waals surface area (Å²) in [5, 5.41) is 0.463. The third kappa shape index (κ3) is 4.04. The lowest BCUT2D eigenvalue weighted by atomic mass is 10.3. The summed E-state index contributed by atoms with van der Waals surface area (Å²) >= 11 is 7.16. The molecule has 2 aromatic heterocycles. The lowest BCUT2D eigenvalue weighted by Gasteiger charge is -2.33. The molecule has 8 nitrogen and oxygen atoms in total. The summed E-state index contributed by atoms with van der Waals surface area (Å²) in [6, 6.07) is 8.31. The Bertz CT molecular complexity index is 1250. The minimum absolute atomic E-state index is 0.119. The van der Waals surface area contributed by atoms with Gasteiger partial charge in [0.15, 0.2) is 5.58 Å². The molecule has 1 aliphatic heterocycles. The summed E-state index contributed by atoms with van der Waals surface area (Å²) in [5.41, 5.74) is 0.960. The number of nitrogens with zero attached hydrogens (tertiary/aromatic N) is 3. The SMILES string of the molecule is Cc1ccc(S(=O)(=O)N2CCN(C(=O)CCn3c(=O)oc4cc(Cl)ccc43)CC2)s1. The second-order valence-corrected chi connectivity index (χ2v) is 10.9. The molecule has 0 atom stereocenters. The molecule has 0 saturated carbocycles. The second kappa shape index (κ2) is 8.18. The van der Waals surface area contributed by atoms with Crippen LogP contribution in [0.5, 0.6) is 0 Å². The first-order valence-corrected chi connectivity index (χ1v) is 12.0. The van der Waals surface area contributed by atoms with Crippen LogP contribution < -0.4 is 5.76 Å². The van der Waals surface area contributed by atoms with Crippen LogP contribution in [0.3, 0.4) is 0 Å². The van der Waals surface area contributed by atoms with Gasteiger partial charge in [-0.15, -0.1) is 11.3 Å². The van der Waals surface area contributed by atoms with Crippen molar-refractivity contribution < 1.29 is 17.6 Å². The van der Waals surface area contributed by atoms with Crippen LogP contribution in [0.1, 0.15) is 11.3 Å². The number of sulfonamides is 1. The minimum Gasteiger partial charge on any atom is -0.408 e. The third-order valence-electron chi connectivity index (χ3n) is 5.08. The first-order valence-electron chi connectivity index (χ1n) is 9.39. The molecule has 4 rings (SSSR count). The van der Waals surface area contributed by atoms with Gasteiger partial charge in [-0.3, -0.25) is 9.36 Å². The van der Waals surface area contributed by atoms with E-state index in [0.717, 1.165) is 4.88 Å². The summed E-state index contributed by atoms with van der Waals surface area (Å²) in [4.78, 5) is 27.3. The molecule has 3 aromatic rings. The zero-order chi connectivity index (χ0) is 21.5. The topological polar surface area (TPSA) is 92.8 Å². The molecule has 160 valence electrons. The average molecular weight is 470 g/mol. The van der Waals surface area contributed by atoms with Crippen molar-refractivity contribution >= 4 is 50.0 Å². The van der Waals surface area contributed by atoms with Gasteiger partial charge in [-0.25, -0.2) is 13.2 Å².